The van der Waals surface area contributed by atoms with Crippen LogP contribution in [0, 0.1) is 10.1 Å². The first kappa shape index (κ1) is 16.7. The van der Waals surface area contributed by atoms with E-state index in [0.717, 1.165) is 0 Å². The van der Waals surface area contributed by atoms with E-state index in [0.29, 0.717) is 21.6 Å². The van der Waals surface area contributed by atoms with Crippen LogP contribution in [0.2, 0.25) is 5.02 Å². The minimum absolute atomic E-state index is 0.0457. The predicted molar refractivity (Wildman–Crippen MR) is 95.2 cm³/mol. The van der Waals surface area contributed by atoms with E-state index in [-0.39, 0.29) is 11.3 Å². The SMILES string of the molecule is Cn1cc(C(=O)Nc2ccc([N+](=O)[O-])cc2)c(=O)c2cc(Cl)ccc21. The fraction of sp³-hybridized carbons (Fsp3) is 0.0588. The molecule has 2 aromatic carbocycles. The summed E-state index contributed by atoms with van der Waals surface area (Å²) >= 11 is 5.94. The number of benzene rings is 2. The van der Waals surface area contributed by atoms with Gasteiger partial charge in [0.05, 0.1) is 10.4 Å². The van der Waals surface area contributed by atoms with E-state index < -0.39 is 16.3 Å². The molecule has 1 amide bonds. The Morgan fingerprint density at radius 2 is 1.88 bits per heavy atom. The molecule has 0 fully saturated rings. The zero-order valence-electron chi connectivity index (χ0n) is 13.0. The van der Waals surface area contributed by atoms with Gasteiger partial charge in [-0.3, -0.25) is 19.7 Å². The lowest BCUT2D eigenvalue weighted by Gasteiger charge is -2.10. The van der Waals surface area contributed by atoms with Crippen LogP contribution in [-0.4, -0.2) is 15.4 Å². The highest BCUT2D eigenvalue weighted by atomic mass is 35.5. The highest BCUT2D eigenvalue weighted by Crippen LogP contribution is 2.18. The number of aromatic nitrogens is 1. The number of amides is 1. The van der Waals surface area contributed by atoms with E-state index in [9.17, 15) is 19.7 Å². The molecule has 1 heterocycles. The molecule has 3 aromatic rings. The average molecular weight is 358 g/mol. The molecule has 0 aliphatic carbocycles. The number of rotatable bonds is 3. The number of non-ortho nitro benzene ring substituents is 1. The van der Waals surface area contributed by atoms with Crippen molar-refractivity contribution in [3.63, 3.8) is 0 Å². The van der Waals surface area contributed by atoms with Crippen LogP contribution in [0.3, 0.4) is 0 Å². The Balaban J connectivity index is 1.98. The number of nitro groups is 1. The molecule has 0 radical (unpaired) electrons. The summed E-state index contributed by atoms with van der Waals surface area (Å²) in [5, 5.41) is 14.0. The first-order chi connectivity index (χ1) is 11.9. The highest BCUT2D eigenvalue weighted by Gasteiger charge is 2.15. The fourth-order valence-electron chi connectivity index (χ4n) is 2.49. The van der Waals surface area contributed by atoms with Crippen LogP contribution in [0.4, 0.5) is 11.4 Å². The first-order valence-electron chi connectivity index (χ1n) is 7.21. The molecule has 0 atom stereocenters. The van der Waals surface area contributed by atoms with Gasteiger partial charge in [-0.2, -0.15) is 0 Å². The molecule has 0 aliphatic heterocycles. The standard InChI is InChI=1S/C17H12ClN3O4/c1-20-9-14(16(22)13-8-10(18)2-7-15(13)20)17(23)19-11-3-5-12(6-4-11)21(24)25/h2-9H,1H3,(H,19,23). The van der Waals surface area contributed by atoms with Gasteiger partial charge in [0, 0.05) is 41.5 Å². The minimum atomic E-state index is -0.601. The lowest BCUT2D eigenvalue weighted by molar-refractivity contribution is -0.384. The van der Waals surface area contributed by atoms with Gasteiger partial charge in [-0.05, 0) is 30.3 Å². The third kappa shape index (κ3) is 3.22. The van der Waals surface area contributed by atoms with Crippen molar-refractivity contribution in [1.82, 2.24) is 4.57 Å². The van der Waals surface area contributed by atoms with Gasteiger partial charge < -0.3 is 9.88 Å². The fourth-order valence-corrected chi connectivity index (χ4v) is 2.66. The number of pyridine rings is 1. The van der Waals surface area contributed by atoms with E-state index in [2.05, 4.69) is 5.32 Å². The first-order valence-corrected chi connectivity index (χ1v) is 7.59. The largest absolute Gasteiger partial charge is 0.350 e. The van der Waals surface area contributed by atoms with E-state index >= 15 is 0 Å². The molecule has 0 aliphatic rings. The van der Waals surface area contributed by atoms with Gasteiger partial charge >= 0.3 is 0 Å². The number of carbonyl (C=O) groups excluding carboxylic acids is 1. The number of hydrogen-bond acceptors (Lipinski definition) is 4. The number of anilines is 1. The molecule has 25 heavy (non-hydrogen) atoms. The lowest BCUT2D eigenvalue weighted by Crippen LogP contribution is -2.23. The van der Waals surface area contributed by atoms with Crippen molar-refractivity contribution in [2.75, 3.05) is 5.32 Å². The zero-order valence-corrected chi connectivity index (χ0v) is 13.8. The molecule has 8 heteroatoms. The Hall–Kier alpha value is -3.19. The van der Waals surface area contributed by atoms with Crippen LogP contribution in [0.25, 0.3) is 10.9 Å². The molecule has 0 saturated heterocycles. The van der Waals surface area contributed by atoms with Crippen molar-refractivity contribution in [2.45, 2.75) is 0 Å². The number of nitrogens with zero attached hydrogens (tertiary/aromatic N) is 2. The number of aryl methyl sites for hydroxylation is 1. The molecule has 0 bridgehead atoms. The summed E-state index contributed by atoms with van der Waals surface area (Å²) in [6.45, 7) is 0. The van der Waals surface area contributed by atoms with Gasteiger partial charge in [0.25, 0.3) is 11.6 Å². The smallest absolute Gasteiger partial charge is 0.269 e. The number of hydrogen-bond donors (Lipinski definition) is 1. The normalized spacial score (nSPS) is 10.6. The molecule has 126 valence electrons. The van der Waals surface area contributed by atoms with Gasteiger partial charge in [-0.25, -0.2) is 0 Å². The van der Waals surface area contributed by atoms with Crippen LogP contribution in [0.15, 0.2) is 53.5 Å². The van der Waals surface area contributed by atoms with E-state index in [4.69, 9.17) is 11.6 Å². The van der Waals surface area contributed by atoms with Crippen LogP contribution < -0.4 is 10.7 Å². The number of halogens is 1. The Labute approximate surface area is 146 Å². The van der Waals surface area contributed by atoms with Crippen molar-refractivity contribution < 1.29 is 9.72 Å². The number of fused-ring (bicyclic) bond motifs is 1. The summed E-state index contributed by atoms with van der Waals surface area (Å²) in [7, 11) is 1.72. The third-order valence-electron chi connectivity index (χ3n) is 3.73. The van der Waals surface area contributed by atoms with Gasteiger partial charge in [0.2, 0.25) is 5.43 Å². The zero-order chi connectivity index (χ0) is 18.1. The van der Waals surface area contributed by atoms with Gasteiger partial charge in [0.1, 0.15) is 5.56 Å². The monoisotopic (exact) mass is 357 g/mol. The van der Waals surface area contributed by atoms with E-state index in [1.807, 2.05) is 0 Å². The molecule has 0 spiro atoms. The molecule has 0 saturated carbocycles. The minimum Gasteiger partial charge on any atom is -0.350 e. The average Bonchev–Trinajstić information content (AvgIpc) is 2.58. The molecule has 1 N–H and O–H groups in total. The maximum Gasteiger partial charge on any atom is 0.269 e. The van der Waals surface area contributed by atoms with Crippen molar-refractivity contribution in [3.05, 3.63) is 79.6 Å². The summed E-state index contributed by atoms with van der Waals surface area (Å²) in [6.07, 6.45) is 1.44. The van der Waals surface area contributed by atoms with Crippen molar-refractivity contribution in [3.8, 4) is 0 Å². The Morgan fingerprint density at radius 1 is 1.20 bits per heavy atom. The Morgan fingerprint density at radius 3 is 2.52 bits per heavy atom. The van der Waals surface area contributed by atoms with Gasteiger partial charge in [0.15, 0.2) is 0 Å². The Bertz CT molecular complexity index is 1060. The van der Waals surface area contributed by atoms with Crippen LogP contribution in [0.5, 0.6) is 0 Å². The van der Waals surface area contributed by atoms with E-state index in [1.54, 1.807) is 23.7 Å². The molecule has 3 rings (SSSR count). The highest BCUT2D eigenvalue weighted by molar-refractivity contribution is 6.31. The lowest BCUT2D eigenvalue weighted by atomic mass is 10.1. The second-order valence-corrected chi connectivity index (χ2v) is 5.84. The summed E-state index contributed by atoms with van der Waals surface area (Å²) in [5.74, 6) is -0.601. The van der Waals surface area contributed by atoms with Crippen LogP contribution in [-0.2, 0) is 7.05 Å². The number of nitro benzene ring substituents is 1. The van der Waals surface area contributed by atoms with Gasteiger partial charge in [-0.1, -0.05) is 11.6 Å². The Kier molecular flexibility index (Phi) is 4.24. The van der Waals surface area contributed by atoms with Crippen LogP contribution in [0.1, 0.15) is 10.4 Å². The topological polar surface area (TPSA) is 94.2 Å². The summed E-state index contributed by atoms with van der Waals surface area (Å²) in [5.41, 5.74) is 0.435. The third-order valence-corrected chi connectivity index (χ3v) is 3.97. The summed E-state index contributed by atoms with van der Waals surface area (Å²) < 4.78 is 1.66. The van der Waals surface area contributed by atoms with Gasteiger partial charge in [-0.15, -0.1) is 0 Å². The van der Waals surface area contributed by atoms with E-state index in [1.165, 1.54) is 36.5 Å². The molecular formula is C17H12ClN3O4. The quantitative estimate of drug-likeness (QED) is 0.574. The molecule has 7 nitrogen and oxygen atoms in total. The summed E-state index contributed by atoms with van der Waals surface area (Å²) in [4.78, 5) is 35.1. The second kappa shape index (κ2) is 6.37. The number of carbonyl (C=O) groups is 1. The summed E-state index contributed by atoms with van der Waals surface area (Å²) in [6, 6.07) is 10.2. The second-order valence-electron chi connectivity index (χ2n) is 5.40. The molecule has 0 unspecified atom stereocenters. The number of nitrogens with one attached hydrogen (secondary N) is 1. The predicted octanol–water partition coefficient (Wildman–Crippen LogP) is 3.35. The maximum atomic E-state index is 12.6. The molecular weight excluding hydrogens is 346 g/mol. The maximum absolute atomic E-state index is 12.6. The van der Waals surface area contributed by atoms with Crippen molar-refractivity contribution >= 4 is 39.8 Å². The molecule has 1 aromatic heterocycles. The van der Waals surface area contributed by atoms with Crippen molar-refractivity contribution in [1.29, 1.82) is 0 Å². The van der Waals surface area contributed by atoms with Crippen molar-refractivity contribution in [2.24, 2.45) is 7.05 Å². The van der Waals surface area contributed by atoms with Crippen LogP contribution >= 0.6 is 11.6 Å².